The first-order valence-corrected chi connectivity index (χ1v) is 9.14. The molecule has 0 unspecified atom stereocenters. The van der Waals surface area contributed by atoms with Gasteiger partial charge >= 0.3 is 0 Å². The van der Waals surface area contributed by atoms with E-state index in [1.54, 1.807) is 17.5 Å². The molecule has 2 aromatic heterocycles. The zero-order chi connectivity index (χ0) is 15.6. The molecule has 1 amide bonds. The van der Waals surface area contributed by atoms with Gasteiger partial charge in [0.1, 0.15) is 6.10 Å². The van der Waals surface area contributed by atoms with Gasteiger partial charge in [-0.2, -0.15) is 5.10 Å². The standard InChI is InChI=1S/C17H21N3O2S/c21-16(11-15-17-13(4-9-22-15)5-10-23-17)19-7-1-3-14(12-19)20-8-2-6-18-20/h2,5-6,8,10,14-15H,1,3-4,7,9,11-12H2/t14-,15-/m0/s1. The van der Waals surface area contributed by atoms with Gasteiger partial charge in [0.25, 0.3) is 0 Å². The smallest absolute Gasteiger partial charge is 0.225 e. The summed E-state index contributed by atoms with van der Waals surface area (Å²) in [6.45, 7) is 2.32. The van der Waals surface area contributed by atoms with Crippen LogP contribution in [0.1, 0.15) is 41.8 Å². The van der Waals surface area contributed by atoms with Crippen LogP contribution < -0.4 is 0 Å². The summed E-state index contributed by atoms with van der Waals surface area (Å²) >= 11 is 1.71. The molecule has 0 bridgehead atoms. The molecule has 5 nitrogen and oxygen atoms in total. The highest BCUT2D eigenvalue weighted by molar-refractivity contribution is 7.10. The normalized spacial score (nSPS) is 24.4. The Hall–Kier alpha value is -1.66. The van der Waals surface area contributed by atoms with Crippen molar-refractivity contribution in [2.45, 2.75) is 37.8 Å². The first kappa shape index (κ1) is 14.9. The quantitative estimate of drug-likeness (QED) is 0.869. The van der Waals surface area contributed by atoms with E-state index in [0.717, 1.165) is 39.0 Å². The van der Waals surface area contributed by atoms with Gasteiger partial charge in [-0.3, -0.25) is 9.48 Å². The molecule has 1 saturated heterocycles. The molecule has 2 aliphatic heterocycles. The van der Waals surface area contributed by atoms with Crippen LogP contribution in [0.5, 0.6) is 0 Å². The molecule has 2 aromatic rings. The number of thiophene rings is 1. The molecule has 0 spiro atoms. The van der Waals surface area contributed by atoms with Gasteiger partial charge in [0.2, 0.25) is 5.91 Å². The molecule has 4 heterocycles. The number of nitrogens with zero attached hydrogens (tertiary/aromatic N) is 3. The second kappa shape index (κ2) is 6.45. The Morgan fingerprint density at radius 2 is 2.43 bits per heavy atom. The van der Waals surface area contributed by atoms with Gasteiger partial charge < -0.3 is 9.64 Å². The molecule has 2 atom stereocenters. The van der Waals surface area contributed by atoms with Crippen molar-refractivity contribution < 1.29 is 9.53 Å². The van der Waals surface area contributed by atoms with E-state index in [1.807, 2.05) is 21.8 Å². The Morgan fingerprint density at radius 3 is 3.30 bits per heavy atom. The van der Waals surface area contributed by atoms with Crippen LogP contribution in [-0.2, 0) is 16.0 Å². The number of carbonyl (C=O) groups excluding carboxylic acids is 1. The minimum Gasteiger partial charge on any atom is -0.372 e. The third-order valence-electron chi connectivity index (χ3n) is 4.77. The molecule has 0 N–H and O–H groups in total. The number of fused-ring (bicyclic) bond motifs is 1. The second-order valence-electron chi connectivity index (χ2n) is 6.25. The van der Waals surface area contributed by atoms with E-state index in [9.17, 15) is 4.79 Å². The van der Waals surface area contributed by atoms with Gasteiger partial charge in [0.05, 0.1) is 19.1 Å². The van der Waals surface area contributed by atoms with Gasteiger partial charge in [-0.1, -0.05) is 0 Å². The lowest BCUT2D eigenvalue weighted by Crippen LogP contribution is -2.41. The monoisotopic (exact) mass is 331 g/mol. The Bertz CT molecular complexity index is 667. The van der Waals surface area contributed by atoms with Crippen LogP contribution in [0.2, 0.25) is 0 Å². The summed E-state index contributed by atoms with van der Waals surface area (Å²) in [6.07, 6.45) is 7.27. The van der Waals surface area contributed by atoms with Crippen LogP contribution in [0.15, 0.2) is 29.9 Å². The number of hydrogen-bond acceptors (Lipinski definition) is 4. The highest BCUT2D eigenvalue weighted by Gasteiger charge is 2.29. The molecule has 122 valence electrons. The lowest BCUT2D eigenvalue weighted by molar-refractivity contribution is -0.136. The maximum atomic E-state index is 12.7. The van der Waals surface area contributed by atoms with E-state index >= 15 is 0 Å². The number of rotatable bonds is 3. The summed E-state index contributed by atoms with van der Waals surface area (Å²) in [5.74, 6) is 0.202. The van der Waals surface area contributed by atoms with Crippen LogP contribution in [0.25, 0.3) is 0 Å². The molecule has 1 fully saturated rings. The molecule has 0 aliphatic carbocycles. The molecule has 23 heavy (non-hydrogen) atoms. The van der Waals surface area contributed by atoms with Gasteiger partial charge in [-0.25, -0.2) is 0 Å². The third kappa shape index (κ3) is 3.05. The van der Waals surface area contributed by atoms with E-state index in [4.69, 9.17) is 4.74 Å². The fourth-order valence-electron chi connectivity index (χ4n) is 3.56. The summed E-state index contributed by atoms with van der Waals surface area (Å²) in [6, 6.07) is 4.40. The predicted molar refractivity (Wildman–Crippen MR) is 88.4 cm³/mol. The maximum Gasteiger partial charge on any atom is 0.225 e. The van der Waals surface area contributed by atoms with Crippen molar-refractivity contribution in [1.82, 2.24) is 14.7 Å². The topological polar surface area (TPSA) is 47.4 Å². The van der Waals surface area contributed by atoms with Crippen LogP contribution in [0.3, 0.4) is 0 Å². The molecule has 4 rings (SSSR count). The predicted octanol–water partition coefficient (Wildman–Crippen LogP) is 2.81. The number of piperidine rings is 1. The van der Waals surface area contributed by atoms with Crippen LogP contribution in [-0.4, -0.2) is 40.3 Å². The lowest BCUT2D eigenvalue weighted by Gasteiger charge is -2.34. The molecule has 6 heteroatoms. The largest absolute Gasteiger partial charge is 0.372 e. The average Bonchev–Trinajstić information content (AvgIpc) is 3.27. The number of likely N-dealkylation sites (tertiary alicyclic amines) is 1. The average molecular weight is 331 g/mol. The Kier molecular flexibility index (Phi) is 4.18. The van der Waals surface area contributed by atoms with Gasteiger partial charge in [0.15, 0.2) is 0 Å². The third-order valence-corrected chi connectivity index (χ3v) is 5.82. The maximum absolute atomic E-state index is 12.7. The number of carbonyl (C=O) groups is 1. The van der Waals surface area contributed by atoms with Crippen LogP contribution in [0.4, 0.5) is 0 Å². The highest BCUT2D eigenvalue weighted by Crippen LogP contribution is 2.34. The van der Waals surface area contributed by atoms with Crippen molar-refractivity contribution in [3.8, 4) is 0 Å². The summed E-state index contributed by atoms with van der Waals surface area (Å²) in [4.78, 5) is 16.0. The second-order valence-corrected chi connectivity index (χ2v) is 7.19. The van der Waals surface area contributed by atoms with Crippen molar-refractivity contribution in [2.24, 2.45) is 0 Å². The summed E-state index contributed by atoms with van der Waals surface area (Å²) in [5, 5.41) is 6.43. The van der Waals surface area contributed by atoms with Gasteiger partial charge in [-0.15, -0.1) is 11.3 Å². The zero-order valence-corrected chi connectivity index (χ0v) is 13.9. The summed E-state index contributed by atoms with van der Waals surface area (Å²) in [7, 11) is 0. The van der Waals surface area contributed by atoms with Gasteiger partial charge in [-0.05, 0) is 42.3 Å². The highest BCUT2D eigenvalue weighted by atomic mass is 32.1. The van der Waals surface area contributed by atoms with Crippen molar-refractivity contribution in [2.75, 3.05) is 19.7 Å². The van der Waals surface area contributed by atoms with Crippen molar-refractivity contribution in [3.05, 3.63) is 40.3 Å². The summed E-state index contributed by atoms with van der Waals surface area (Å²) in [5.41, 5.74) is 1.35. The Morgan fingerprint density at radius 1 is 1.48 bits per heavy atom. The molecular formula is C17H21N3O2S. The molecule has 0 aromatic carbocycles. The van der Waals surface area contributed by atoms with E-state index < -0.39 is 0 Å². The van der Waals surface area contributed by atoms with Crippen molar-refractivity contribution in [3.63, 3.8) is 0 Å². The number of hydrogen-bond donors (Lipinski definition) is 0. The van der Waals surface area contributed by atoms with E-state index in [-0.39, 0.29) is 12.0 Å². The van der Waals surface area contributed by atoms with Crippen LogP contribution in [0, 0.1) is 0 Å². The van der Waals surface area contributed by atoms with Crippen LogP contribution >= 0.6 is 11.3 Å². The lowest BCUT2D eigenvalue weighted by atomic mass is 10.0. The number of amides is 1. The fraction of sp³-hybridized carbons (Fsp3) is 0.529. The van der Waals surface area contributed by atoms with Crippen molar-refractivity contribution >= 4 is 17.2 Å². The fourth-order valence-corrected chi connectivity index (χ4v) is 4.56. The van der Waals surface area contributed by atoms with Gasteiger partial charge in [0, 0.05) is 30.4 Å². The Labute approximate surface area is 139 Å². The minimum atomic E-state index is -0.0590. The molecule has 0 radical (unpaired) electrons. The first-order valence-electron chi connectivity index (χ1n) is 8.26. The number of aromatic nitrogens is 2. The Balaban J connectivity index is 1.42. The molecule has 0 saturated carbocycles. The van der Waals surface area contributed by atoms with E-state index in [2.05, 4.69) is 16.5 Å². The number of ether oxygens (including phenoxy) is 1. The minimum absolute atomic E-state index is 0.0590. The molecular weight excluding hydrogens is 310 g/mol. The van der Waals surface area contributed by atoms with E-state index in [0.29, 0.717) is 12.5 Å². The SMILES string of the molecule is O=C(C[C@@H]1OCCc2ccsc21)N1CCC[C@H](n2cccn2)C1. The first-order chi connectivity index (χ1) is 11.3. The zero-order valence-electron chi connectivity index (χ0n) is 13.1. The van der Waals surface area contributed by atoms with E-state index in [1.165, 1.54) is 10.4 Å². The summed E-state index contributed by atoms with van der Waals surface area (Å²) < 4.78 is 7.85. The molecule has 2 aliphatic rings. The van der Waals surface area contributed by atoms with Crippen molar-refractivity contribution in [1.29, 1.82) is 0 Å².